The molecule has 0 fully saturated rings. The summed E-state index contributed by atoms with van der Waals surface area (Å²) in [7, 11) is 0. The Kier molecular flexibility index (Phi) is 4.10. The lowest BCUT2D eigenvalue weighted by atomic mass is 10.1. The highest BCUT2D eigenvalue weighted by atomic mass is 79.9. The number of rotatable bonds is 3. The first kappa shape index (κ1) is 13.9. The van der Waals surface area contributed by atoms with Crippen molar-refractivity contribution >= 4 is 27.3 Å². The predicted molar refractivity (Wildman–Crippen MR) is 81.7 cm³/mol. The van der Waals surface area contributed by atoms with E-state index >= 15 is 0 Å². The van der Waals surface area contributed by atoms with E-state index in [-0.39, 0.29) is 11.9 Å². The topological polar surface area (TPSA) is 38.0 Å². The number of hydrogen-bond donors (Lipinski definition) is 2. The number of nitrogens with one attached hydrogen (secondary N) is 1. The van der Waals surface area contributed by atoms with Crippen molar-refractivity contribution in [3.8, 4) is 0 Å². The van der Waals surface area contributed by atoms with Crippen LogP contribution in [0.25, 0.3) is 0 Å². The number of benzene rings is 2. The predicted octanol–water partition coefficient (Wildman–Crippen LogP) is 4.65. The van der Waals surface area contributed by atoms with Gasteiger partial charge in [-0.3, -0.25) is 0 Å². The van der Waals surface area contributed by atoms with Crippen molar-refractivity contribution < 1.29 is 4.39 Å². The second-order valence-electron chi connectivity index (χ2n) is 4.61. The van der Waals surface area contributed by atoms with Gasteiger partial charge in [0.25, 0.3) is 0 Å². The minimum Gasteiger partial charge on any atom is -0.398 e. The molecule has 0 bridgehead atoms. The van der Waals surface area contributed by atoms with Gasteiger partial charge in [-0.05, 0) is 65.2 Å². The molecule has 2 nitrogen and oxygen atoms in total. The van der Waals surface area contributed by atoms with Crippen molar-refractivity contribution in [2.24, 2.45) is 0 Å². The van der Waals surface area contributed by atoms with E-state index in [9.17, 15) is 4.39 Å². The van der Waals surface area contributed by atoms with Gasteiger partial charge in [0.2, 0.25) is 0 Å². The summed E-state index contributed by atoms with van der Waals surface area (Å²) in [6, 6.07) is 10.5. The van der Waals surface area contributed by atoms with Crippen LogP contribution in [0.4, 0.5) is 15.8 Å². The van der Waals surface area contributed by atoms with Gasteiger partial charge in [-0.25, -0.2) is 4.39 Å². The van der Waals surface area contributed by atoms with Gasteiger partial charge in [-0.2, -0.15) is 0 Å². The van der Waals surface area contributed by atoms with E-state index in [0.29, 0.717) is 0 Å². The van der Waals surface area contributed by atoms with Crippen LogP contribution in [0, 0.1) is 12.7 Å². The molecule has 19 heavy (non-hydrogen) atoms. The standard InChI is InChI=1S/C15H16BrFN2/c1-9-6-15(13(16)8-14(9)18)19-10(2)11-4-3-5-12(17)7-11/h3-8,10,19H,18H2,1-2H3. The Hall–Kier alpha value is -1.55. The molecule has 4 heteroatoms. The quantitative estimate of drug-likeness (QED) is 0.807. The van der Waals surface area contributed by atoms with Crippen LogP contribution in [0.3, 0.4) is 0 Å². The highest BCUT2D eigenvalue weighted by Crippen LogP contribution is 2.30. The highest BCUT2D eigenvalue weighted by Gasteiger charge is 2.09. The number of nitrogens with two attached hydrogens (primary N) is 1. The molecule has 0 aliphatic heterocycles. The molecule has 2 rings (SSSR count). The van der Waals surface area contributed by atoms with Gasteiger partial charge >= 0.3 is 0 Å². The van der Waals surface area contributed by atoms with Crippen molar-refractivity contribution in [3.05, 3.63) is 57.8 Å². The second-order valence-corrected chi connectivity index (χ2v) is 5.46. The molecular formula is C15H16BrFN2. The van der Waals surface area contributed by atoms with E-state index in [0.717, 1.165) is 27.0 Å². The van der Waals surface area contributed by atoms with E-state index in [1.165, 1.54) is 12.1 Å². The zero-order valence-corrected chi connectivity index (χ0v) is 12.5. The first-order chi connectivity index (χ1) is 8.97. The Morgan fingerprint density at radius 1 is 1.26 bits per heavy atom. The van der Waals surface area contributed by atoms with Crippen LogP contribution >= 0.6 is 15.9 Å². The molecule has 0 saturated heterocycles. The molecule has 0 aliphatic carbocycles. The molecule has 100 valence electrons. The lowest BCUT2D eigenvalue weighted by molar-refractivity contribution is 0.623. The number of nitrogen functional groups attached to an aromatic ring is 1. The lowest BCUT2D eigenvalue weighted by Gasteiger charge is -2.18. The highest BCUT2D eigenvalue weighted by molar-refractivity contribution is 9.10. The van der Waals surface area contributed by atoms with Crippen LogP contribution in [0.1, 0.15) is 24.1 Å². The monoisotopic (exact) mass is 322 g/mol. The van der Waals surface area contributed by atoms with E-state index in [2.05, 4.69) is 21.2 Å². The molecule has 2 aromatic rings. The first-order valence-electron chi connectivity index (χ1n) is 6.05. The summed E-state index contributed by atoms with van der Waals surface area (Å²) in [4.78, 5) is 0. The van der Waals surface area contributed by atoms with Crippen molar-refractivity contribution in [3.63, 3.8) is 0 Å². The maximum Gasteiger partial charge on any atom is 0.123 e. The molecule has 3 N–H and O–H groups in total. The third kappa shape index (κ3) is 3.26. The summed E-state index contributed by atoms with van der Waals surface area (Å²) in [5, 5.41) is 3.35. The fourth-order valence-corrected chi connectivity index (χ4v) is 2.38. The Balaban J connectivity index is 2.24. The molecule has 0 aliphatic rings. The van der Waals surface area contributed by atoms with Crippen LogP contribution in [0.5, 0.6) is 0 Å². The van der Waals surface area contributed by atoms with Gasteiger partial charge in [-0.15, -0.1) is 0 Å². The van der Waals surface area contributed by atoms with Crippen LogP contribution in [0.2, 0.25) is 0 Å². The number of hydrogen-bond acceptors (Lipinski definition) is 2. The molecule has 2 aromatic carbocycles. The van der Waals surface area contributed by atoms with Crippen LogP contribution < -0.4 is 11.1 Å². The Labute approximate surface area is 121 Å². The fourth-order valence-electron chi connectivity index (χ4n) is 1.90. The van der Waals surface area contributed by atoms with E-state index in [4.69, 9.17) is 5.73 Å². The van der Waals surface area contributed by atoms with Gasteiger partial charge in [0.05, 0.1) is 0 Å². The van der Waals surface area contributed by atoms with Gasteiger partial charge in [0.1, 0.15) is 5.82 Å². The summed E-state index contributed by atoms with van der Waals surface area (Å²) >= 11 is 3.48. The van der Waals surface area contributed by atoms with Gasteiger partial charge in [0.15, 0.2) is 0 Å². The summed E-state index contributed by atoms with van der Waals surface area (Å²) < 4.78 is 14.1. The fraction of sp³-hybridized carbons (Fsp3) is 0.200. The maximum atomic E-state index is 13.2. The first-order valence-corrected chi connectivity index (χ1v) is 6.84. The maximum absolute atomic E-state index is 13.2. The van der Waals surface area contributed by atoms with Crippen molar-refractivity contribution in [1.82, 2.24) is 0 Å². The molecule has 0 aromatic heterocycles. The zero-order valence-electron chi connectivity index (χ0n) is 10.9. The summed E-state index contributed by atoms with van der Waals surface area (Å²) in [5.41, 5.74) is 9.45. The molecule has 1 atom stereocenters. The normalized spacial score (nSPS) is 12.2. The van der Waals surface area contributed by atoms with Crippen molar-refractivity contribution in [1.29, 1.82) is 0 Å². The third-order valence-corrected chi connectivity index (χ3v) is 3.73. The number of halogens is 2. The average molecular weight is 323 g/mol. The summed E-state index contributed by atoms with van der Waals surface area (Å²) in [6.07, 6.45) is 0. The Morgan fingerprint density at radius 3 is 2.68 bits per heavy atom. The van der Waals surface area contributed by atoms with Crippen molar-refractivity contribution in [2.75, 3.05) is 11.1 Å². The van der Waals surface area contributed by atoms with Crippen LogP contribution in [-0.4, -0.2) is 0 Å². The second kappa shape index (κ2) is 5.61. The van der Waals surface area contributed by atoms with Crippen LogP contribution in [-0.2, 0) is 0 Å². The molecule has 0 spiro atoms. The SMILES string of the molecule is Cc1cc(NC(C)c2cccc(F)c2)c(Br)cc1N. The van der Waals surface area contributed by atoms with E-state index in [1.54, 1.807) is 6.07 Å². The lowest BCUT2D eigenvalue weighted by Crippen LogP contribution is -2.08. The van der Waals surface area contributed by atoms with Gasteiger partial charge in [-0.1, -0.05) is 12.1 Å². The molecule has 0 heterocycles. The van der Waals surface area contributed by atoms with Gasteiger partial charge in [0, 0.05) is 21.9 Å². The molecule has 0 amide bonds. The summed E-state index contributed by atoms with van der Waals surface area (Å²) in [5.74, 6) is -0.223. The Bertz CT molecular complexity index is 599. The van der Waals surface area contributed by atoms with E-state index < -0.39 is 0 Å². The number of aryl methyl sites for hydroxylation is 1. The molecule has 0 radical (unpaired) electrons. The van der Waals surface area contributed by atoms with Crippen molar-refractivity contribution in [2.45, 2.75) is 19.9 Å². The zero-order chi connectivity index (χ0) is 14.0. The third-order valence-electron chi connectivity index (χ3n) is 3.08. The van der Waals surface area contributed by atoms with E-state index in [1.807, 2.05) is 32.0 Å². The largest absolute Gasteiger partial charge is 0.398 e. The molecule has 0 saturated carbocycles. The molecular weight excluding hydrogens is 307 g/mol. The minimum absolute atomic E-state index is 0.00928. The van der Waals surface area contributed by atoms with Crippen LogP contribution in [0.15, 0.2) is 40.9 Å². The Morgan fingerprint density at radius 2 is 2.00 bits per heavy atom. The minimum atomic E-state index is -0.223. The smallest absolute Gasteiger partial charge is 0.123 e. The molecule has 1 unspecified atom stereocenters. The number of anilines is 2. The van der Waals surface area contributed by atoms with Gasteiger partial charge < -0.3 is 11.1 Å². The summed E-state index contributed by atoms with van der Waals surface area (Å²) in [6.45, 7) is 3.95. The average Bonchev–Trinajstić information content (AvgIpc) is 2.36.